The van der Waals surface area contributed by atoms with Crippen molar-refractivity contribution in [1.29, 1.82) is 0 Å². The van der Waals surface area contributed by atoms with E-state index >= 15 is 0 Å². The third-order valence-corrected chi connectivity index (χ3v) is 10.8. The Morgan fingerprint density at radius 3 is 1.39 bits per heavy atom. The Kier molecular flexibility index (Phi) is 13.4. The Bertz CT molecular complexity index is 1180. The monoisotopic (exact) mass is 604 g/mol. The van der Waals surface area contributed by atoms with Gasteiger partial charge in [-0.2, -0.15) is 0 Å². The molecule has 0 spiro atoms. The molecule has 244 valence electrons. The molecule has 0 aromatic rings. The summed E-state index contributed by atoms with van der Waals surface area (Å²) < 4.78 is 0. The molecule has 2 rings (SSSR count). The van der Waals surface area contributed by atoms with E-state index in [1.807, 2.05) is 88.5 Å². The second kappa shape index (κ2) is 15.7. The first-order chi connectivity index (χ1) is 20.4. The SMILES string of the molecule is CC(/C=C/C=C(C)/C=C/[C@@H](O)[C@]1(C)C[C@@H](O)CC1(C)C)=C\C=C\C=C(C)\C=C\C=C(C)\C=C\[C@@H](O)[C@]1(C)CC[C@H](O)C1(C)C. The minimum atomic E-state index is -0.606. The molecule has 0 saturated heterocycles. The fraction of sp³-hybridized carbons (Fsp3) is 0.550. The van der Waals surface area contributed by atoms with E-state index in [0.717, 1.165) is 35.1 Å². The fourth-order valence-electron chi connectivity index (χ4n) is 6.46. The highest BCUT2D eigenvalue weighted by molar-refractivity contribution is 5.32. The number of rotatable bonds is 12. The normalized spacial score (nSPS) is 32.0. The minimum absolute atomic E-state index is 0.121. The van der Waals surface area contributed by atoms with Crippen LogP contribution in [0.2, 0.25) is 0 Å². The molecule has 0 heterocycles. The summed E-state index contributed by atoms with van der Waals surface area (Å²) in [5.74, 6) is 0. The molecule has 4 heteroatoms. The van der Waals surface area contributed by atoms with Crippen molar-refractivity contribution in [2.45, 2.75) is 119 Å². The lowest BCUT2D eigenvalue weighted by atomic mass is 9.65. The lowest BCUT2D eigenvalue weighted by molar-refractivity contribution is -0.0464. The maximum Gasteiger partial charge on any atom is 0.0783 e. The van der Waals surface area contributed by atoms with E-state index in [2.05, 4.69) is 65.8 Å². The standard InChI is InChI=1S/C40H60O4/c1-29(17-13-19-31(3)21-23-35(43)39(9)26-25-34(42)38(39,7)8)15-11-12-16-30(2)18-14-20-32(4)22-24-36(44)40(10)28-33(41)27-37(40,5)6/h11-24,33-36,41-44H,25-28H2,1-10H3/b12-11+,17-13+,18-14+,23-21+,24-22+,29-15+,30-16+,31-19+,32-20+/t33-,34-,35+,36+,39-,40-/m0/s1. The van der Waals surface area contributed by atoms with Gasteiger partial charge in [-0.1, -0.05) is 149 Å². The number of aliphatic hydroxyl groups is 4. The van der Waals surface area contributed by atoms with Crippen molar-refractivity contribution in [3.63, 3.8) is 0 Å². The Balaban J connectivity index is 1.87. The van der Waals surface area contributed by atoms with E-state index in [9.17, 15) is 20.4 Å². The maximum absolute atomic E-state index is 10.9. The number of hydrogen-bond donors (Lipinski definition) is 4. The second-order valence-electron chi connectivity index (χ2n) is 14.9. The van der Waals surface area contributed by atoms with Crippen molar-refractivity contribution in [1.82, 2.24) is 0 Å². The lowest BCUT2D eigenvalue weighted by Crippen LogP contribution is -2.44. The summed E-state index contributed by atoms with van der Waals surface area (Å²) in [7, 11) is 0. The molecule has 2 aliphatic carbocycles. The number of allylic oxidation sites excluding steroid dienone is 16. The van der Waals surface area contributed by atoms with Crippen LogP contribution >= 0.6 is 0 Å². The van der Waals surface area contributed by atoms with E-state index in [1.165, 1.54) is 0 Å². The van der Waals surface area contributed by atoms with Crippen LogP contribution in [0.15, 0.2) is 107 Å². The van der Waals surface area contributed by atoms with Crippen molar-refractivity contribution in [3.05, 3.63) is 107 Å². The zero-order valence-corrected chi connectivity index (χ0v) is 29.0. The molecule has 0 bridgehead atoms. The van der Waals surface area contributed by atoms with Gasteiger partial charge in [-0.25, -0.2) is 0 Å². The molecule has 2 saturated carbocycles. The van der Waals surface area contributed by atoms with Gasteiger partial charge < -0.3 is 20.4 Å². The topological polar surface area (TPSA) is 80.9 Å². The highest BCUT2D eigenvalue weighted by atomic mass is 16.3. The zero-order chi connectivity index (χ0) is 33.3. The van der Waals surface area contributed by atoms with E-state index in [1.54, 1.807) is 0 Å². The quantitative estimate of drug-likeness (QED) is 0.168. The van der Waals surface area contributed by atoms with Gasteiger partial charge in [-0.15, -0.1) is 0 Å². The average Bonchev–Trinajstić information content (AvgIpc) is 3.29. The summed E-state index contributed by atoms with van der Waals surface area (Å²) >= 11 is 0. The molecule has 4 N–H and O–H groups in total. The van der Waals surface area contributed by atoms with E-state index in [-0.39, 0.29) is 33.9 Å². The molecule has 0 aliphatic heterocycles. The van der Waals surface area contributed by atoms with Crippen LogP contribution in [0.3, 0.4) is 0 Å². The molecule has 0 aromatic heterocycles. The van der Waals surface area contributed by atoms with E-state index in [4.69, 9.17) is 0 Å². The van der Waals surface area contributed by atoms with Gasteiger partial charge in [0.1, 0.15) is 0 Å². The first kappa shape index (κ1) is 37.7. The van der Waals surface area contributed by atoms with Crippen LogP contribution < -0.4 is 0 Å². The van der Waals surface area contributed by atoms with Gasteiger partial charge in [0.2, 0.25) is 0 Å². The molecule has 0 amide bonds. The third-order valence-electron chi connectivity index (χ3n) is 10.8. The van der Waals surface area contributed by atoms with Gasteiger partial charge in [0.15, 0.2) is 0 Å². The Hall–Kier alpha value is -2.50. The molecular weight excluding hydrogens is 544 g/mol. The van der Waals surface area contributed by atoms with Crippen LogP contribution in [0.25, 0.3) is 0 Å². The van der Waals surface area contributed by atoms with Gasteiger partial charge >= 0.3 is 0 Å². The summed E-state index contributed by atoms with van der Waals surface area (Å²) in [6.07, 6.45) is 28.9. The highest BCUT2D eigenvalue weighted by Crippen LogP contribution is 2.55. The molecular formula is C40H60O4. The average molecular weight is 605 g/mol. The molecule has 0 unspecified atom stereocenters. The van der Waals surface area contributed by atoms with Gasteiger partial charge in [-0.3, -0.25) is 0 Å². The first-order valence-corrected chi connectivity index (χ1v) is 16.2. The van der Waals surface area contributed by atoms with Crippen LogP contribution in [0.1, 0.15) is 94.9 Å². The van der Waals surface area contributed by atoms with Crippen molar-refractivity contribution >= 4 is 0 Å². The molecule has 4 nitrogen and oxygen atoms in total. The molecule has 2 fully saturated rings. The first-order valence-electron chi connectivity index (χ1n) is 16.2. The van der Waals surface area contributed by atoms with Crippen LogP contribution in [-0.2, 0) is 0 Å². The van der Waals surface area contributed by atoms with Crippen LogP contribution in [0.5, 0.6) is 0 Å². The molecule has 0 aromatic carbocycles. The van der Waals surface area contributed by atoms with Gasteiger partial charge in [-0.05, 0) is 64.2 Å². The van der Waals surface area contributed by atoms with Crippen LogP contribution in [-0.4, -0.2) is 44.8 Å². The van der Waals surface area contributed by atoms with Crippen molar-refractivity contribution in [2.75, 3.05) is 0 Å². The Morgan fingerprint density at radius 1 is 0.591 bits per heavy atom. The summed E-state index contributed by atoms with van der Waals surface area (Å²) in [5, 5.41) is 42.2. The van der Waals surface area contributed by atoms with Gasteiger partial charge in [0.25, 0.3) is 0 Å². The van der Waals surface area contributed by atoms with Crippen molar-refractivity contribution in [3.8, 4) is 0 Å². The minimum Gasteiger partial charge on any atom is -0.393 e. The van der Waals surface area contributed by atoms with Gasteiger partial charge in [0.05, 0.1) is 24.4 Å². The predicted molar refractivity (Wildman–Crippen MR) is 187 cm³/mol. The Morgan fingerprint density at radius 2 is 1.00 bits per heavy atom. The summed E-state index contributed by atoms with van der Waals surface area (Å²) in [6, 6.07) is 0. The summed E-state index contributed by atoms with van der Waals surface area (Å²) in [5.41, 5.74) is 3.22. The fourth-order valence-corrected chi connectivity index (χ4v) is 6.46. The predicted octanol–water partition coefficient (Wildman–Crippen LogP) is 8.65. The molecule has 2 aliphatic rings. The van der Waals surface area contributed by atoms with Crippen LogP contribution in [0.4, 0.5) is 0 Å². The van der Waals surface area contributed by atoms with E-state index < -0.39 is 12.2 Å². The van der Waals surface area contributed by atoms with Crippen LogP contribution in [0, 0.1) is 21.7 Å². The Labute approximate surface area is 268 Å². The summed E-state index contributed by atoms with van der Waals surface area (Å²) in [4.78, 5) is 0. The molecule has 44 heavy (non-hydrogen) atoms. The largest absolute Gasteiger partial charge is 0.393 e. The van der Waals surface area contributed by atoms with Crippen molar-refractivity contribution < 1.29 is 20.4 Å². The van der Waals surface area contributed by atoms with Gasteiger partial charge in [0, 0.05) is 10.8 Å². The number of hydrogen-bond acceptors (Lipinski definition) is 4. The van der Waals surface area contributed by atoms with E-state index in [0.29, 0.717) is 12.8 Å². The third kappa shape index (κ3) is 9.50. The second-order valence-corrected chi connectivity index (χ2v) is 14.9. The molecule has 6 atom stereocenters. The molecule has 0 radical (unpaired) electrons. The highest BCUT2D eigenvalue weighted by Gasteiger charge is 2.54. The summed E-state index contributed by atoms with van der Waals surface area (Å²) in [6.45, 7) is 20.6. The smallest absolute Gasteiger partial charge is 0.0783 e. The number of aliphatic hydroxyl groups excluding tert-OH is 4. The lowest BCUT2D eigenvalue weighted by Gasteiger charge is -2.42. The van der Waals surface area contributed by atoms with Crippen molar-refractivity contribution in [2.24, 2.45) is 21.7 Å². The zero-order valence-electron chi connectivity index (χ0n) is 29.0. The maximum atomic E-state index is 10.9.